The van der Waals surface area contributed by atoms with Crippen LogP contribution in [0.2, 0.25) is 0 Å². The van der Waals surface area contributed by atoms with Crippen LogP contribution in [0.1, 0.15) is 23.3 Å². The Morgan fingerprint density at radius 2 is 2.55 bits per heavy atom. The van der Waals surface area contributed by atoms with Gasteiger partial charge < -0.3 is 0 Å². The van der Waals surface area contributed by atoms with Crippen molar-refractivity contribution >= 4 is 6.29 Å². The van der Waals surface area contributed by atoms with Crippen LogP contribution >= 0.6 is 0 Å². The molecule has 0 amide bonds. The van der Waals surface area contributed by atoms with Gasteiger partial charge in [0.15, 0.2) is 6.29 Å². The lowest BCUT2D eigenvalue weighted by molar-refractivity contribution is 0.111. The Balaban J connectivity index is 2.05. The van der Waals surface area contributed by atoms with Crippen LogP contribution < -0.4 is 0 Å². The largest absolute Gasteiger partial charge is 0.296 e. The van der Waals surface area contributed by atoms with Gasteiger partial charge in [-0.25, -0.2) is 0 Å². The highest BCUT2D eigenvalue weighted by atomic mass is 16.1. The molecular formula is C8H10N2O. The monoisotopic (exact) mass is 150 g/mol. The molecule has 1 aliphatic rings. The molecule has 11 heavy (non-hydrogen) atoms. The van der Waals surface area contributed by atoms with E-state index in [1.807, 2.05) is 10.9 Å². The lowest BCUT2D eigenvalue weighted by Crippen LogP contribution is -2.00. The maximum Gasteiger partial charge on any atom is 0.170 e. The van der Waals surface area contributed by atoms with E-state index in [4.69, 9.17) is 0 Å². The summed E-state index contributed by atoms with van der Waals surface area (Å²) in [7, 11) is 0. The van der Waals surface area contributed by atoms with Crippen molar-refractivity contribution in [2.75, 3.05) is 0 Å². The summed E-state index contributed by atoms with van der Waals surface area (Å²) < 4.78 is 1.85. The highest BCUT2D eigenvalue weighted by Gasteiger charge is 2.21. The van der Waals surface area contributed by atoms with Crippen molar-refractivity contribution in [3.63, 3.8) is 0 Å². The molecule has 0 bridgehead atoms. The first-order valence-electron chi connectivity index (χ1n) is 3.87. The topological polar surface area (TPSA) is 34.9 Å². The Morgan fingerprint density at radius 1 is 1.73 bits per heavy atom. The van der Waals surface area contributed by atoms with Crippen LogP contribution in [0.25, 0.3) is 0 Å². The molecule has 3 nitrogen and oxygen atoms in total. The van der Waals surface area contributed by atoms with Crippen molar-refractivity contribution in [2.24, 2.45) is 5.92 Å². The number of nitrogens with zero attached hydrogens (tertiary/aromatic N) is 2. The third-order valence-corrected chi connectivity index (χ3v) is 1.92. The fourth-order valence-electron chi connectivity index (χ4n) is 1.11. The van der Waals surface area contributed by atoms with Crippen LogP contribution in [0.4, 0.5) is 0 Å². The number of aromatic nitrogens is 2. The summed E-state index contributed by atoms with van der Waals surface area (Å²) in [5.74, 6) is 0.814. The summed E-state index contributed by atoms with van der Waals surface area (Å²) in [6.45, 7) is 0.980. The number of carbonyl (C=O) groups excluding carboxylic acids is 1. The minimum Gasteiger partial charge on any atom is -0.296 e. The minimum atomic E-state index is 0.533. The Morgan fingerprint density at radius 3 is 3.09 bits per heavy atom. The molecule has 1 aliphatic carbocycles. The quantitative estimate of drug-likeness (QED) is 0.605. The Labute approximate surface area is 65.0 Å². The molecule has 1 aromatic rings. The molecule has 1 saturated carbocycles. The molecular weight excluding hydrogens is 140 g/mol. The lowest BCUT2D eigenvalue weighted by atomic mass is 10.4. The van der Waals surface area contributed by atoms with E-state index in [1.165, 1.54) is 12.8 Å². The normalized spacial score (nSPS) is 16.7. The zero-order valence-corrected chi connectivity index (χ0v) is 6.23. The zero-order chi connectivity index (χ0) is 7.68. The highest BCUT2D eigenvalue weighted by molar-refractivity contribution is 5.71. The van der Waals surface area contributed by atoms with E-state index in [2.05, 4.69) is 5.10 Å². The summed E-state index contributed by atoms with van der Waals surface area (Å²) in [5.41, 5.74) is 0.533. The zero-order valence-electron chi connectivity index (χ0n) is 6.23. The average molecular weight is 150 g/mol. The van der Waals surface area contributed by atoms with Crippen molar-refractivity contribution in [1.82, 2.24) is 9.78 Å². The summed E-state index contributed by atoms with van der Waals surface area (Å²) >= 11 is 0. The molecule has 0 atom stereocenters. The Kier molecular flexibility index (Phi) is 1.49. The van der Waals surface area contributed by atoms with Crippen molar-refractivity contribution < 1.29 is 4.79 Å². The van der Waals surface area contributed by atoms with Crippen molar-refractivity contribution in [2.45, 2.75) is 19.4 Å². The first kappa shape index (κ1) is 6.58. The van der Waals surface area contributed by atoms with Crippen LogP contribution in [0, 0.1) is 5.92 Å². The summed E-state index contributed by atoms with van der Waals surface area (Å²) in [6.07, 6.45) is 5.28. The molecule has 58 valence electrons. The van der Waals surface area contributed by atoms with Gasteiger partial charge in [0.1, 0.15) is 5.69 Å². The minimum absolute atomic E-state index is 0.533. The lowest BCUT2D eigenvalue weighted by Gasteiger charge is -1.95. The van der Waals surface area contributed by atoms with Crippen molar-refractivity contribution in [3.8, 4) is 0 Å². The van der Waals surface area contributed by atoms with Gasteiger partial charge in [-0.3, -0.25) is 9.48 Å². The van der Waals surface area contributed by atoms with Gasteiger partial charge in [0.2, 0.25) is 0 Å². The van der Waals surface area contributed by atoms with E-state index in [0.29, 0.717) is 5.69 Å². The van der Waals surface area contributed by atoms with Crippen LogP contribution in [-0.4, -0.2) is 16.1 Å². The number of rotatable bonds is 3. The Hall–Kier alpha value is -1.12. The number of hydrogen-bond acceptors (Lipinski definition) is 2. The van der Waals surface area contributed by atoms with Gasteiger partial charge in [-0.2, -0.15) is 5.10 Å². The maximum absolute atomic E-state index is 10.2. The molecule has 1 fully saturated rings. The fourth-order valence-corrected chi connectivity index (χ4v) is 1.11. The van der Waals surface area contributed by atoms with Gasteiger partial charge in [-0.1, -0.05) is 0 Å². The van der Waals surface area contributed by atoms with Crippen LogP contribution in [0.5, 0.6) is 0 Å². The molecule has 0 radical (unpaired) electrons. The molecule has 1 aromatic heterocycles. The summed E-state index contributed by atoms with van der Waals surface area (Å²) in [4.78, 5) is 10.2. The van der Waals surface area contributed by atoms with E-state index < -0.39 is 0 Å². The van der Waals surface area contributed by atoms with Gasteiger partial charge in [0, 0.05) is 12.7 Å². The van der Waals surface area contributed by atoms with Crippen LogP contribution in [-0.2, 0) is 6.54 Å². The van der Waals surface area contributed by atoms with Gasteiger partial charge in [0.25, 0.3) is 0 Å². The van der Waals surface area contributed by atoms with Crippen molar-refractivity contribution in [1.29, 1.82) is 0 Å². The van der Waals surface area contributed by atoms with Gasteiger partial charge in [-0.15, -0.1) is 0 Å². The third kappa shape index (κ3) is 1.48. The second-order valence-electron chi connectivity index (χ2n) is 3.02. The Bertz CT molecular complexity index is 263. The SMILES string of the molecule is O=Cc1ccn(CC2CC2)n1. The second-order valence-corrected chi connectivity index (χ2v) is 3.02. The number of carbonyl (C=O) groups is 1. The summed E-state index contributed by atoms with van der Waals surface area (Å²) in [6, 6.07) is 1.75. The smallest absolute Gasteiger partial charge is 0.170 e. The van der Waals surface area contributed by atoms with E-state index in [9.17, 15) is 4.79 Å². The molecule has 0 N–H and O–H groups in total. The van der Waals surface area contributed by atoms with E-state index in [-0.39, 0.29) is 0 Å². The number of hydrogen-bond donors (Lipinski definition) is 0. The van der Waals surface area contributed by atoms with E-state index >= 15 is 0 Å². The predicted octanol–water partition coefficient (Wildman–Crippen LogP) is 1.11. The maximum atomic E-state index is 10.2. The van der Waals surface area contributed by atoms with Crippen LogP contribution in [0.3, 0.4) is 0 Å². The fraction of sp³-hybridized carbons (Fsp3) is 0.500. The predicted molar refractivity (Wildman–Crippen MR) is 40.3 cm³/mol. The first-order valence-corrected chi connectivity index (χ1v) is 3.87. The van der Waals surface area contributed by atoms with Gasteiger partial charge in [0.05, 0.1) is 0 Å². The molecule has 0 spiro atoms. The molecule has 2 rings (SSSR count). The second kappa shape index (κ2) is 2.49. The van der Waals surface area contributed by atoms with Gasteiger partial charge in [-0.05, 0) is 24.8 Å². The molecule has 1 heterocycles. The average Bonchev–Trinajstić information content (AvgIpc) is 2.68. The molecule has 0 aliphatic heterocycles. The standard InChI is InChI=1S/C8H10N2O/c11-6-8-3-4-10(9-8)5-7-1-2-7/h3-4,6-7H,1-2,5H2. The molecule has 0 saturated heterocycles. The summed E-state index contributed by atoms with van der Waals surface area (Å²) in [5, 5.41) is 4.06. The van der Waals surface area contributed by atoms with Crippen LogP contribution in [0.15, 0.2) is 12.3 Å². The third-order valence-electron chi connectivity index (χ3n) is 1.92. The van der Waals surface area contributed by atoms with Gasteiger partial charge >= 0.3 is 0 Å². The van der Waals surface area contributed by atoms with E-state index in [1.54, 1.807) is 6.07 Å². The first-order chi connectivity index (χ1) is 5.38. The molecule has 0 aromatic carbocycles. The number of aldehydes is 1. The molecule has 0 unspecified atom stereocenters. The molecule has 3 heteroatoms. The van der Waals surface area contributed by atoms with Crippen molar-refractivity contribution in [3.05, 3.63) is 18.0 Å². The van der Waals surface area contributed by atoms with E-state index in [0.717, 1.165) is 18.7 Å². The highest BCUT2D eigenvalue weighted by Crippen LogP contribution is 2.30.